The molecule has 0 spiro atoms. The molecule has 8 heteroatoms. The Bertz CT molecular complexity index is 801. The average Bonchev–Trinajstić information content (AvgIpc) is 2.89. The number of aromatic nitrogens is 4. The summed E-state index contributed by atoms with van der Waals surface area (Å²) in [7, 11) is 0. The van der Waals surface area contributed by atoms with Crippen molar-refractivity contribution in [3.8, 4) is 0 Å². The Kier molecular flexibility index (Phi) is 5.95. The molecule has 0 amide bonds. The number of aryl methyl sites for hydroxylation is 1. The summed E-state index contributed by atoms with van der Waals surface area (Å²) >= 11 is 0. The number of nitrogens with zero attached hydrogens (tertiary/aromatic N) is 4. The van der Waals surface area contributed by atoms with Gasteiger partial charge in [-0.15, -0.1) is 0 Å². The number of hydrogen-bond donors (Lipinski definition) is 2. The molecule has 2 rings (SSSR count). The topological polar surface area (TPSA) is 102 Å². The van der Waals surface area contributed by atoms with Gasteiger partial charge in [-0.25, -0.2) is 9.78 Å². The van der Waals surface area contributed by atoms with Crippen LogP contribution in [0.3, 0.4) is 0 Å². The summed E-state index contributed by atoms with van der Waals surface area (Å²) < 4.78 is 4.26. The van der Waals surface area contributed by atoms with Crippen LogP contribution >= 0.6 is 0 Å². The lowest BCUT2D eigenvalue weighted by Gasteiger charge is -2.13. The zero-order valence-corrected chi connectivity index (χ0v) is 14.5. The first kappa shape index (κ1) is 18.4. The molecule has 134 valence electrons. The molecule has 0 radical (unpaired) electrons. The van der Waals surface area contributed by atoms with Crippen molar-refractivity contribution in [3.63, 3.8) is 0 Å². The van der Waals surface area contributed by atoms with Crippen molar-refractivity contribution in [1.29, 1.82) is 0 Å². The lowest BCUT2D eigenvalue weighted by atomic mass is 10.3. The maximum absolute atomic E-state index is 12.8. The monoisotopic (exact) mass is 338 g/mol. The number of imidazole rings is 1. The molecule has 0 saturated carbocycles. The second kappa shape index (κ2) is 7.76. The van der Waals surface area contributed by atoms with Crippen LogP contribution in [0.2, 0.25) is 0 Å². The highest BCUT2D eigenvalue weighted by Gasteiger charge is 2.18. The molecular weight excluding hydrogens is 312 g/mol. The van der Waals surface area contributed by atoms with Crippen molar-refractivity contribution in [1.82, 2.24) is 18.7 Å². The van der Waals surface area contributed by atoms with Gasteiger partial charge in [0.15, 0.2) is 11.2 Å². The molecule has 2 atom stereocenters. The molecule has 0 bridgehead atoms. The van der Waals surface area contributed by atoms with E-state index in [-0.39, 0.29) is 13.1 Å². The van der Waals surface area contributed by atoms with Crippen molar-refractivity contribution in [3.05, 3.63) is 27.2 Å². The minimum atomic E-state index is -0.635. The second-order valence-corrected chi connectivity index (χ2v) is 6.30. The minimum Gasteiger partial charge on any atom is -0.393 e. The number of fused-ring (bicyclic) bond motifs is 1. The van der Waals surface area contributed by atoms with Crippen molar-refractivity contribution >= 4 is 11.2 Å². The number of aliphatic hydroxyl groups is 2. The molecule has 0 aromatic carbocycles. The summed E-state index contributed by atoms with van der Waals surface area (Å²) in [5.74, 6) is 0. The second-order valence-electron chi connectivity index (χ2n) is 6.30. The van der Waals surface area contributed by atoms with E-state index in [4.69, 9.17) is 0 Å². The van der Waals surface area contributed by atoms with Gasteiger partial charge in [-0.05, 0) is 26.7 Å². The molecule has 8 nitrogen and oxygen atoms in total. The van der Waals surface area contributed by atoms with E-state index < -0.39 is 23.5 Å². The van der Waals surface area contributed by atoms with E-state index in [2.05, 4.69) is 4.98 Å². The SMILES string of the molecule is CCCCn1c(=O)n(CCC(C)O)c(=O)c2c1ncn2CC(C)O. The summed E-state index contributed by atoms with van der Waals surface area (Å²) in [6.45, 7) is 6.14. The van der Waals surface area contributed by atoms with Gasteiger partial charge in [0, 0.05) is 13.1 Å². The van der Waals surface area contributed by atoms with E-state index in [1.807, 2.05) is 6.92 Å². The molecule has 2 heterocycles. The zero-order valence-electron chi connectivity index (χ0n) is 14.5. The molecule has 2 N–H and O–H groups in total. The van der Waals surface area contributed by atoms with Gasteiger partial charge in [-0.1, -0.05) is 13.3 Å². The van der Waals surface area contributed by atoms with Crippen molar-refractivity contribution in [2.24, 2.45) is 0 Å². The summed E-state index contributed by atoms with van der Waals surface area (Å²) in [5, 5.41) is 19.1. The van der Waals surface area contributed by atoms with Crippen LogP contribution in [0.1, 0.15) is 40.0 Å². The van der Waals surface area contributed by atoms with E-state index >= 15 is 0 Å². The predicted octanol–water partition coefficient (Wildman–Crippen LogP) is 0.311. The fourth-order valence-electron chi connectivity index (χ4n) is 2.69. The molecule has 0 aliphatic rings. The summed E-state index contributed by atoms with van der Waals surface area (Å²) in [5.41, 5.74) is -0.157. The lowest BCUT2D eigenvalue weighted by molar-refractivity contribution is 0.174. The third-order valence-electron chi connectivity index (χ3n) is 3.95. The van der Waals surface area contributed by atoms with Gasteiger partial charge in [-0.3, -0.25) is 13.9 Å². The standard InChI is InChI=1S/C16H26N4O4/c1-4-5-7-19-14-13(18(10-17-14)9-12(3)22)15(23)20(16(19)24)8-6-11(2)21/h10-12,21-22H,4-9H2,1-3H3. The molecule has 2 unspecified atom stereocenters. The molecule has 0 aliphatic heterocycles. The molecule has 0 fully saturated rings. The van der Waals surface area contributed by atoms with Crippen LogP contribution in [-0.4, -0.2) is 41.1 Å². The first-order valence-electron chi connectivity index (χ1n) is 8.41. The Morgan fingerprint density at radius 3 is 2.42 bits per heavy atom. The van der Waals surface area contributed by atoms with Gasteiger partial charge in [-0.2, -0.15) is 0 Å². The molecule has 2 aromatic rings. The van der Waals surface area contributed by atoms with Crippen LogP contribution in [0.5, 0.6) is 0 Å². The number of hydrogen-bond acceptors (Lipinski definition) is 5. The van der Waals surface area contributed by atoms with Crippen LogP contribution in [0, 0.1) is 0 Å². The Labute approximate surface area is 140 Å². The van der Waals surface area contributed by atoms with E-state index in [0.717, 1.165) is 17.4 Å². The maximum atomic E-state index is 12.8. The quantitative estimate of drug-likeness (QED) is 0.721. The third-order valence-corrected chi connectivity index (χ3v) is 3.95. The van der Waals surface area contributed by atoms with Crippen molar-refractivity contribution in [2.45, 2.75) is 71.9 Å². The number of rotatable bonds is 8. The summed E-state index contributed by atoms with van der Waals surface area (Å²) in [6.07, 6.45) is 2.28. The Hall–Kier alpha value is -1.93. The fraction of sp³-hybridized carbons (Fsp3) is 0.688. The van der Waals surface area contributed by atoms with E-state index in [9.17, 15) is 19.8 Å². The highest BCUT2D eigenvalue weighted by atomic mass is 16.3. The van der Waals surface area contributed by atoms with Gasteiger partial charge < -0.3 is 14.8 Å². The van der Waals surface area contributed by atoms with Crippen LogP contribution in [-0.2, 0) is 19.6 Å². The van der Waals surface area contributed by atoms with Crippen LogP contribution < -0.4 is 11.2 Å². The molecule has 0 aliphatic carbocycles. The molecule has 2 aromatic heterocycles. The van der Waals surface area contributed by atoms with Crippen molar-refractivity contribution < 1.29 is 10.2 Å². The summed E-state index contributed by atoms with van der Waals surface area (Å²) in [6, 6.07) is 0. The van der Waals surface area contributed by atoms with Gasteiger partial charge in [0.1, 0.15) is 0 Å². The Balaban J connectivity index is 2.66. The number of aliphatic hydroxyl groups excluding tert-OH is 2. The van der Waals surface area contributed by atoms with Gasteiger partial charge in [0.2, 0.25) is 0 Å². The number of unbranched alkanes of at least 4 members (excludes halogenated alkanes) is 1. The fourth-order valence-corrected chi connectivity index (χ4v) is 2.69. The Morgan fingerprint density at radius 1 is 1.12 bits per heavy atom. The lowest BCUT2D eigenvalue weighted by Crippen LogP contribution is -2.41. The van der Waals surface area contributed by atoms with Gasteiger partial charge in [0.05, 0.1) is 25.1 Å². The summed E-state index contributed by atoms with van der Waals surface area (Å²) in [4.78, 5) is 29.7. The van der Waals surface area contributed by atoms with E-state index in [1.165, 1.54) is 10.9 Å². The first-order valence-corrected chi connectivity index (χ1v) is 8.41. The smallest absolute Gasteiger partial charge is 0.332 e. The first-order chi connectivity index (χ1) is 11.4. The van der Waals surface area contributed by atoms with Crippen LogP contribution in [0.25, 0.3) is 11.2 Å². The normalized spacial score (nSPS) is 14.2. The van der Waals surface area contributed by atoms with Crippen molar-refractivity contribution in [2.75, 3.05) is 0 Å². The highest BCUT2D eigenvalue weighted by Crippen LogP contribution is 2.09. The molecular formula is C16H26N4O4. The molecule has 0 saturated heterocycles. The average molecular weight is 338 g/mol. The molecule has 24 heavy (non-hydrogen) atoms. The minimum absolute atomic E-state index is 0.150. The van der Waals surface area contributed by atoms with Crippen LogP contribution in [0.4, 0.5) is 0 Å². The highest BCUT2D eigenvalue weighted by molar-refractivity contribution is 5.70. The van der Waals surface area contributed by atoms with Crippen LogP contribution in [0.15, 0.2) is 15.9 Å². The van der Waals surface area contributed by atoms with Gasteiger partial charge in [0.25, 0.3) is 5.56 Å². The van der Waals surface area contributed by atoms with E-state index in [0.29, 0.717) is 24.1 Å². The third kappa shape index (κ3) is 3.76. The largest absolute Gasteiger partial charge is 0.393 e. The van der Waals surface area contributed by atoms with Gasteiger partial charge >= 0.3 is 5.69 Å². The maximum Gasteiger partial charge on any atom is 0.332 e. The Morgan fingerprint density at radius 2 is 1.83 bits per heavy atom. The predicted molar refractivity (Wildman–Crippen MR) is 91.1 cm³/mol. The zero-order chi connectivity index (χ0) is 17.9. The van der Waals surface area contributed by atoms with E-state index in [1.54, 1.807) is 18.4 Å².